The SMILES string of the molecule is CCOP(=O)(OCC)C(CCCC/C=C(\C)CC/C=C(\C)CCC=C(C)C)C(=O)O. The molecule has 0 radical (unpaired) electrons. The molecule has 6 heteroatoms. The Morgan fingerprint density at radius 2 is 1.37 bits per heavy atom. The van der Waals surface area contributed by atoms with Crippen molar-refractivity contribution < 1.29 is 23.5 Å². The normalized spacial score (nSPS) is 13.9. The van der Waals surface area contributed by atoms with Crippen molar-refractivity contribution in [3.63, 3.8) is 0 Å². The Kier molecular flexibility index (Phi) is 15.9. The van der Waals surface area contributed by atoms with Crippen LogP contribution in [0.25, 0.3) is 0 Å². The van der Waals surface area contributed by atoms with E-state index < -0.39 is 19.2 Å². The molecule has 0 bridgehead atoms. The summed E-state index contributed by atoms with van der Waals surface area (Å²) in [5, 5.41) is 9.48. The molecular formula is C24H43O5P. The highest BCUT2D eigenvalue weighted by molar-refractivity contribution is 7.55. The molecule has 30 heavy (non-hydrogen) atoms. The van der Waals surface area contributed by atoms with Crippen molar-refractivity contribution in [1.82, 2.24) is 0 Å². The number of hydrogen-bond acceptors (Lipinski definition) is 4. The molecule has 174 valence electrons. The number of hydrogen-bond donors (Lipinski definition) is 1. The van der Waals surface area contributed by atoms with Gasteiger partial charge < -0.3 is 14.2 Å². The highest BCUT2D eigenvalue weighted by Gasteiger charge is 2.40. The molecule has 0 heterocycles. The first-order chi connectivity index (χ1) is 14.2. The quantitative estimate of drug-likeness (QED) is 0.142. The van der Waals surface area contributed by atoms with Crippen LogP contribution in [-0.2, 0) is 18.4 Å². The molecule has 0 amide bonds. The summed E-state index contributed by atoms with van der Waals surface area (Å²) in [6.07, 6.45) is 13.9. The molecule has 0 aromatic rings. The maximum Gasteiger partial charge on any atom is 0.344 e. The summed E-state index contributed by atoms with van der Waals surface area (Å²) in [5.74, 6) is -1.11. The zero-order valence-corrected chi connectivity index (χ0v) is 20.8. The van der Waals surface area contributed by atoms with Gasteiger partial charge in [0.2, 0.25) is 0 Å². The molecule has 0 spiro atoms. The number of carbonyl (C=O) groups is 1. The summed E-state index contributed by atoms with van der Waals surface area (Å²) < 4.78 is 23.2. The Balaban J connectivity index is 4.37. The Bertz CT molecular complexity index is 620. The molecular weight excluding hydrogens is 399 g/mol. The van der Waals surface area contributed by atoms with E-state index >= 15 is 0 Å². The van der Waals surface area contributed by atoms with Gasteiger partial charge in [-0.1, -0.05) is 41.4 Å². The molecule has 0 aliphatic carbocycles. The van der Waals surface area contributed by atoms with Gasteiger partial charge in [-0.2, -0.15) is 0 Å². The van der Waals surface area contributed by atoms with Crippen LogP contribution in [0, 0.1) is 0 Å². The molecule has 0 aromatic heterocycles. The maximum atomic E-state index is 12.8. The Morgan fingerprint density at radius 1 is 0.867 bits per heavy atom. The fourth-order valence-corrected chi connectivity index (χ4v) is 5.09. The van der Waals surface area contributed by atoms with E-state index in [4.69, 9.17) is 9.05 Å². The van der Waals surface area contributed by atoms with Gasteiger partial charge in [0.1, 0.15) is 0 Å². The van der Waals surface area contributed by atoms with Gasteiger partial charge in [0.05, 0.1) is 13.2 Å². The lowest BCUT2D eigenvalue weighted by Crippen LogP contribution is -2.23. The van der Waals surface area contributed by atoms with Crippen LogP contribution in [0.5, 0.6) is 0 Å². The van der Waals surface area contributed by atoms with Crippen LogP contribution in [-0.4, -0.2) is 29.9 Å². The number of carboxylic acids is 1. The van der Waals surface area contributed by atoms with E-state index in [0.29, 0.717) is 12.8 Å². The van der Waals surface area contributed by atoms with Crippen molar-refractivity contribution in [1.29, 1.82) is 0 Å². The Hall–Kier alpha value is -1.16. The second-order valence-electron chi connectivity index (χ2n) is 7.97. The predicted molar refractivity (Wildman–Crippen MR) is 126 cm³/mol. The van der Waals surface area contributed by atoms with Gasteiger partial charge in [0, 0.05) is 0 Å². The smallest absolute Gasteiger partial charge is 0.344 e. The van der Waals surface area contributed by atoms with E-state index in [9.17, 15) is 14.5 Å². The van der Waals surface area contributed by atoms with Gasteiger partial charge in [-0.05, 0) is 86.5 Å². The van der Waals surface area contributed by atoms with Crippen LogP contribution in [0.1, 0.15) is 92.9 Å². The van der Waals surface area contributed by atoms with Gasteiger partial charge in [-0.3, -0.25) is 9.36 Å². The van der Waals surface area contributed by atoms with Gasteiger partial charge in [-0.25, -0.2) is 0 Å². The fourth-order valence-electron chi connectivity index (χ4n) is 3.16. The van der Waals surface area contributed by atoms with E-state index in [1.807, 2.05) is 0 Å². The summed E-state index contributed by atoms with van der Waals surface area (Å²) in [6, 6.07) is 0. The van der Waals surface area contributed by atoms with Crippen LogP contribution >= 0.6 is 7.60 Å². The second-order valence-corrected chi connectivity index (χ2v) is 10.2. The van der Waals surface area contributed by atoms with Crippen molar-refractivity contribution in [2.45, 2.75) is 98.6 Å². The number of allylic oxidation sites excluding steroid dienone is 6. The minimum atomic E-state index is -3.62. The highest BCUT2D eigenvalue weighted by Crippen LogP contribution is 2.54. The first-order valence-corrected chi connectivity index (χ1v) is 12.8. The van der Waals surface area contributed by atoms with Crippen molar-refractivity contribution in [3.8, 4) is 0 Å². The molecule has 0 aliphatic heterocycles. The predicted octanol–water partition coefficient (Wildman–Crippen LogP) is 7.69. The average molecular weight is 443 g/mol. The fraction of sp³-hybridized carbons (Fsp3) is 0.708. The zero-order valence-electron chi connectivity index (χ0n) is 19.9. The zero-order chi connectivity index (χ0) is 23.0. The molecule has 0 fully saturated rings. The van der Waals surface area contributed by atoms with Crippen LogP contribution < -0.4 is 0 Å². The standard InChI is InChI=1S/C24H43O5P/c1-7-28-30(27,29-8-2)23(24(25)26)19-11-9-10-15-21(5)17-13-18-22(6)16-12-14-20(3)4/h14-15,18,23H,7-13,16-17,19H2,1-6H3,(H,25,26)/b21-15+,22-18+. The molecule has 0 aliphatic rings. The van der Waals surface area contributed by atoms with Gasteiger partial charge in [0.15, 0.2) is 5.66 Å². The topological polar surface area (TPSA) is 72.8 Å². The minimum Gasteiger partial charge on any atom is -0.481 e. The lowest BCUT2D eigenvalue weighted by molar-refractivity contribution is -0.137. The van der Waals surface area contributed by atoms with Crippen LogP contribution in [0.2, 0.25) is 0 Å². The number of aliphatic carboxylic acids is 1. The summed E-state index contributed by atoms with van der Waals surface area (Å²) in [4.78, 5) is 11.6. The Morgan fingerprint density at radius 3 is 1.83 bits per heavy atom. The minimum absolute atomic E-state index is 0.172. The molecule has 0 aromatic carbocycles. The van der Waals surface area contributed by atoms with E-state index in [1.165, 1.54) is 16.7 Å². The summed E-state index contributed by atoms with van der Waals surface area (Å²) >= 11 is 0. The van der Waals surface area contributed by atoms with Crippen LogP contribution in [0.15, 0.2) is 34.9 Å². The van der Waals surface area contributed by atoms with Gasteiger partial charge in [-0.15, -0.1) is 0 Å². The number of rotatable bonds is 17. The molecule has 1 unspecified atom stereocenters. The van der Waals surface area contributed by atoms with E-state index in [0.717, 1.165) is 38.5 Å². The lowest BCUT2D eigenvalue weighted by Gasteiger charge is -2.23. The largest absolute Gasteiger partial charge is 0.481 e. The summed E-state index contributed by atoms with van der Waals surface area (Å²) in [6.45, 7) is 12.3. The molecule has 0 saturated heterocycles. The first-order valence-electron chi connectivity index (χ1n) is 11.2. The second kappa shape index (κ2) is 16.5. The van der Waals surface area contributed by atoms with Crippen molar-refractivity contribution in [3.05, 3.63) is 34.9 Å². The molecule has 0 rings (SSSR count). The molecule has 5 nitrogen and oxygen atoms in total. The third-order valence-electron chi connectivity index (χ3n) is 4.83. The number of unbranched alkanes of at least 4 members (excludes halogenated alkanes) is 2. The van der Waals surface area contributed by atoms with E-state index in [-0.39, 0.29) is 13.2 Å². The highest BCUT2D eigenvalue weighted by atomic mass is 31.2. The summed E-state index contributed by atoms with van der Waals surface area (Å²) in [7, 11) is -3.62. The van der Waals surface area contributed by atoms with E-state index in [2.05, 4.69) is 45.9 Å². The summed E-state index contributed by atoms with van der Waals surface area (Å²) in [5.41, 5.74) is 3.07. The molecule has 1 N–H and O–H groups in total. The third kappa shape index (κ3) is 13.2. The number of carboxylic acid groups (broad SMARTS) is 1. The maximum absolute atomic E-state index is 12.8. The first kappa shape index (κ1) is 28.8. The molecule has 1 atom stereocenters. The Labute approximate surface area is 184 Å². The van der Waals surface area contributed by atoms with Crippen molar-refractivity contribution >= 4 is 13.6 Å². The molecule has 0 saturated carbocycles. The average Bonchev–Trinajstić information content (AvgIpc) is 2.64. The monoisotopic (exact) mass is 442 g/mol. The van der Waals surface area contributed by atoms with Crippen LogP contribution in [0.4, 0.5) is 0 Å². The lowest BCUT2D eigenvalue weighted by atomic mass is 10.0. The third-order valence-corrected chi connectivity index (χ3v) is 7.31. The van der Waals surface area contributed by atoms with Gasteiger partial charge >= 0.3 is 13.6 Å². The van der Waals surface area contributed by atoms with E-state index in [1.54, 1.807) is 13.8 Å². The van der Waals surface area contributed by atoms with Crippen LogP contribution in [0.3, 0.4) is 0 Å². The van der Waals surface area contributed by atoms with Crippen molar-refractivity contribution in [2.24, 2.45) is 0 Å². The van der Waals surface area contributed by atoms with Gasteiger partial charge in [0.25, 0.3) is 0 Å². The van der Waals surface area contributed by atoms with Crippen molar-refractivity contribution in [2.75, 3.05) is 13.2 Å².